The summed E-state index contributed by atoms with van der Waals surface area (Å²) >= 11 is 7.52. The van der Waals surface area contributed by atoms with Crippen LogP contribution in [0.3, 0.4) is 0 Å². The van der Waals surface area contributed by atoms with E-state index in [4.69, 9.17) is 34.5 Å². The van der Waals surface area contributed by atoms with Crippen LogP contribution in [-0.4, -0.2) is 86.7 Å². The Hall–Kier alpha value is -2.62. The lowest BCUT2D eigenvalue weighted by atomic mass is 10.1. The summed E-state index contributed by atoms with van der Waals surface area (Å²) in [4.78, 5) is 45.1. The zero-order chi connectivity index (χ0) is 31.4. The molecular formula is C20H26N10O10P2S2. The van der Waals surface area contributed by atoms with E-state index in [0.29, 0.717) is 24.0 Å². The Labute approximate surface area is 256 Å². The molecule has 44 heavy (non-hydrogen) atoms. The molecule has 6 heterocycles. The lowest BCUT2D eigenvalue weighted by Gasteiger charge is -2.25. The van der Waals surface area contributed by atoms with Crippen molar-refractivity contribution >= 4 is 72.1 Å². The highest BCUT2D eigenvalue weighted by Crippen LogP contribution is 2.57. The number of nitrogen functional groups attached to an aromatic ring is 2. The van der Waals surface area contributed by atoms with E-state index in [1.165, 1.54) is 12.7 Å². The van der Waals surface area contributed by atoms with Gasteiger partial charge in [0.05, 0.1) is 25.6 Å². The number of aliphatic hydroxyl groups excluding tert-OH is 1. The normalized spacial score (nSPS) is 28.5. The minimum atomic E-state index is -4.28. The molecule has 4 aromatic rings. The SMILES string of the molecule is Nc1ncnc2c1ncn2[C@H]1CC[C@@H](COP(=O)(S)OC2[C@H](n3c(=O)[nH]c4c(N)ncnc43)O[C@H](COP(=O)(O)S)[C@H]2O)O1. The Balaban J connectivity index is 1.18. The molecule has 20 nitrogen and oxygen atoms in total. The zero-order valence-corrected chi connectivity index (χ0v) is 25.8. The first-order valence-electron chi connectivity index (χ1n) is 12.8. The molecule has 0 aliphatic carbocycles. The van der Waals surface area contributed by atoms with Gasteiger partial charge in [-0.15, -0.1) is 0 Å². The molecule has 24 heteroatoms. The molecule has 238 valence electrons. The summed E-state index contributed by atoms with van der Waals surface area (Å²) in [6, 6.07) is 0. The van der Waals surface area contributed by atoms with E-state index in [0.717, 1.165) is 10.9 Å². The van der Waals surface area contributed by atoms with Crippen LogP contribution in [0.1, 0.15) is 25.3 Å². The topological polar surface area (TPSA) is 280 Å². The molecule has 2 fully saturated rings. The largest absolute Gasteiger partial charge is 0.387 e. The van der Waals surface area contributed by atoms with Crippen molar-refractivity contribution < 1.29 is 42.2 Å². The number of fused-ring (bicyclic) bond motifs is 2. The Morgan fingerprint density at radius 1 is 1.02 bits per heavy atom. The number of imidazole rings is 2. The van der Waals surface area contributed by atoms with E-state index in [9.17, 15) is 23.9 Å². The predicted octanol–water partition coefficient (Wildman–Crippen LogP) is 0.546. The number of aliphatic hydroxyl groups is 1. The van der Waals surface area contributed by atoms with Crippen molar-refractivity contribution in [3.05, 3.63) is 29.5 Å². The second-order valence-corrected chi connectivity index (χ2v) is 15.4. The summed E-state index contributed by atoms with van der Waals surface area (Å²) in [5, 5.41) is 11.0. The van der Waals surface area contributed by atoms with E-state index < -0.39 is 62.8 Å². The summed E-state index contributed by atoms with van der Waals surface area (Å²) in [5.41, 5.74) is 11.9. The molecule has 7 N–H and O–H groups in total. The Bertz CT molecular complexity index is 1850. The Morgan fingerprint density at radius 3 is 2.50 bits per heavy atom. The van der Waals surface area contributed by atoms with Gasteiger partial charge in [-0.3, -0.25) is 18.1 Å². The van der Waals surface area contributed by atoms with E-state index in [-0.39, 0.29) is 29.4 Å². The molecule has 4 aromatic heterocycles. The van der Waals surface area contributed by atoms with Crippen molar-refractivity contribution in [1.29, 1.82) is 0 Å². The molecule has 0 amide bonds. The molecule has 2 saturated heterocycles. The Morgan fingerprint density at radius 2 is 1.75 bits per heavy atom. The van der Waals surface area contributed by atoms with E-state index in [1.807, 2.05) is 0 Å². The van der Waals surface area contributed by atoms with E-state index in [2.05, 4.69) is 54.4 Å². The lowest BCUT2D eigenvalue weighted by molar-refractivity contribution is -0.0485. The van der Waals surface area contributed by atoms with Gasteiger partial charge in [-0.2, -0.15) is 0 Å². The number of hydrogen-bond acceptors (Lipinski definition) is 16. The van der Waals surface area contributed by atoms with Crippen LogP contribution < -0.4 is 17.2 Å². The second kappa shape index (κ2) is 12.0. The molecule has 2 aliphatic rings. The average molecular weight is 693 g/mol. The molecule has 8 atom stereocenters. The third kappa shape index (κ3) is 6.24. The van der Waals surface area contributed by atoms with Crippen molar-refractivity contribution in [2.45, 2.75) is 49.7 Å². The number of nitrogens with one attached hydrogen (secondary N) is 1. The maximum Gasteiger partial charge on any atom is 0.386 e. The van der Waals surface area contributed by atoms with Crippen LogP contribution in [0.15, 0.2) is 23.8 Å². The summed E-state index contributed by atoms with van der Waals surface area (Å²) < 4.78 is 55.4. The van der Waals surface area contributed by atoms with Gasteiger partial charge in [0.25, 0.3) is 0 Å². The molecule has 0 aromatic carbocycles. The van der Waals surface area contributed by atoms with Crippen molar-refractivity contribution in [1.82, 2.24) is 39.0 Å². The molecular weight excluding hydrogens is 666 g/mol. The average Bonchev–Trinajstić information content (AvgIpc) is 3.72. The third-order valence-corrected chi connectivity index (χ3v) is 9.42. The van der Waals surface area contributed by atoms with Crippen LogP contribution in [0.4, 0.5) is 11.6 Å². The number of ether oxygens (including phenoxy) is 2. The predicted molar refractivity (Wildman–Crippen MR) is 158 cm³/mol. The highest BCUT2D eigenvalue weighted by atomic mass is 32.7. The second-order valence-electron chi connectivity index (χ2n) is 9.81. The first-order chi connectivity index (χ1) is 20.8. The number of aromatic amines is 1. The van der Waals surface area contributed by atoms with E-state index >= 15 is 0 Å². The Kier molecular flexibility index (Phi) is 8.52. The minimum Gasteiger partial charge on any atom is -0.387 e. The minimum absolute atomic E-state index is 0.0174. The number of H-pyrrole nitrogens is 1. The van der Waals surface area contributed by atoms with Crippen LogP contribution in [0.5, 0.6) is 0 Å². The number of nitrogens with zero attached hydrogens (tertiary/aromatic N) is 7. The highest BCUT2D eigenvalue weighted by molar-refractivity contribution is 8.44. The van der Waals surface area contributed by atoms with E-state index in [1.54, 1.807) is 4.57 Å². The number of aromatic nitrogens is 8. The smallest absolute Gasteiger partial charge is 0.386 e. The number of rotatable bonds is 10. The fourth-order valence-corrected chi connectivity index (χ4v) is 7.02. The first kappa shape index (κ1) is 31.4. The summed E-state index contributed by atoms with van der Waals surface area (Å²) in [6.45, 7) is -9.42. The molecule has 0 bridgehead atoms. The number of hydrogen-bond donors (Lipinski definition) is 7. The molecule has 0 spiro atoms. The van der Waals surface area contributed by atoms with Gasteiger partial charge in [0.1, 0.15) is 48.2 Å². The van der Waals surface area contributed by atoms with Gasteiger partial charge < -0.3 is 35.9 Å². The van der Waals surface area contributed by atoms with Gasteiger partial charge in [-0.25, -0.2) is 43.4 Å². The van der Waals surface area contributed by atoms with Crippen LogP contribution in [0.2, 0.25) is 0 Å². The molecule has 6 rings (SSSR count). The third-order valence-electron chi connectivity index (χ3n) is 6.97. The highest BCUT2D eigenvalue weighted by Gasteiger charge is 2.50. The fraction of sp³-hybridized carbons (Fsp3) is 0.500. The summed E-state index contributed by atoms with van der Waals surface area (Å²) in [6.07, 6.45) is -2.05. The first-order valence-corrected chi connectivity index (χ1v) is 18.2. The lowest BCUT2D eigenvalue weighted by Crippen LogP contribution is -2.36. The fourth-order valence-electron chi connectivity index (χ4n) is 5.00. The van der Waals surface area contributed by atoms with Gasteiger partial charge in [0, 0.05) is 0 Å². The summed E-state index contributed by atoms with van der Waals surface area (Å²) in [7, 11) is 0. The maximum absolute atomic E-state index is 13.4. The van der Waals surface area contributed by atoms with Gasteiger partial charge in [-0.1, -0.05) is 24.5 Å². The molecule has 0 saturated carbocycles. The number of anilines is 2. The zero-order valence-electron chi connectivity index (χ0n) is 22.3. The molecule has 3 unspecified atom stereocenters. The quantitative estimate of drug-likeness (QED) is 0.0882. The van der Waals surface area contributed by atoms with Crippen molar-refractivity contribution in [3.8, 4) is 0 Å². The van der Waals surface area contributed by atoms with Crippen LogP contribution in [-0.2, 0) is 32.2 Å². The number of thiol groups is 2. The van der Waals surface area contributed by atoms with Gasteiger partial charge >= 0.3 is 19.3 Å². The molecule has 0 radical (unpaired) electrons. The van der Waals surface area contributed by atoms with Crippen molar-refractivity contribution in [3.63, 3.8) is 0 Å². The summed E-state index contributed by atoms with van der Waals surface area (Å²) in [5.74, 6) is 0.183. The standard InChI is InChI=1S/C20H26N10O10P2S2/c21-15-11-17(25-5-23-15)29(7-27-11)10-2-1-8(38-10)3-37-42(35,44)40-14-13(31)9(4-36-41(33,34)43)39-19(14)30-18-12(28-20(30)32)16(22)24-6-26-18/h5-10,13-14,19,31H,1-4H2,(H,28,32)(H,35,44)(H2,21,23,25)(H2,22,24,26)(H2,33,34,43)/t8-,9+,10+,13+,14?,19+,42?/m0/s1. The van der Waals surface area contributed by atoms with Gasteiger partial charge in [0.15, 0.2) is 29.2 Å². The van der Waals surface area contributed by atoms with Crippen LogP contribution >= 0.6 is 38.1 Å². The van der Waals surface area contributed by atoms with Gasteiger partial charge in [0.2, 0.25) is 0 Å². The van der Waals surface area contributed by atoms with Crippen molar-refractivity contribution in [2.75, 3.05) is 24.7 Å². The maximum atomic E-state index is 13.4. The van der Waals surface area contributed by atoms with Gasteiger partial charge in [-0.05, 0) is 12.8 Å². The van der Waals surface area contributed by atoms with Crippen molar-refractivity contribution in [2.24, 2.45) is 0 Å². The van der Waals surface area contributed by atoms with Crippen LogP contribution in [0, 0.1) is 0 Å². The van der Waals surface area contributed by atoms with Crippen LogP contribution in [0.25, 0.3) is 22.3 Å². The molecule has 2 aliphatic heterocycles. The number of nitrogens with two attached hydrogens (primary N) is 2. The monoisotopic (exact) mass is 692 g/mol.